The monoisotopic (exact) mass is 397 g/mol. The van der Waals surface area contributed by atoms with Crippen molar-refractivity contribution < 1.29 is 13.2 Å². The SMILES string of the molecule is CCc1ccccc1/C=C\C(=O)Nc1ccc(S(=O)(=O)Nc2nc[nH]n2)cc1. The van der Waals surface area contributed by atoms with Crippen molar-refractivity contribution in [2.24, 2.45) is 0 Å². The topological polar surface area (TPSA) is 117 Å². The van der Waals surface area contributed by atoms with E-state index < -0.39 is 10.0 Å². The van der Waals surface area contributed by atoms with Crippen LogP contribution in [0.15, 0.2) is 65.8 Å². The fourth-order valence-corrected chi connectivity index (χ4v) is 3.47. The highest BCUT2D eigenvalue weighted by Gasteiger charge is 2.15. The van der Waals surface area contributed by atoms with Crippen LogP contribution in [0.4, 0.5) is 11.6 Å². The number of benzene rings is 2. The molecule has 0 aliphatic rings. The van der Waals surface area contributed by atoms with Crippen LogP contribution in [0.5, 0.6) is 0 Å². The van der Waals surface area contributed by atoms with Crippen LogP contribution in [0.1, 0.15) is 18.1 Å². The Bertz CT molecular complexity index is 1080. The van der Waals surface area contributed by atoms with Gasteiger partial charge in [-0.15, -0.1) is 5.10 Å². The maximum atomic E-state index is 12.2. The van der Waals surface area contributed by atoms with Gasteiger partial charge in [0.05, 0.1) is 4.90 Å². The summed E-state index contributed by atoms with van der Waals surface area (Å²) in [5.74, 6) is -0.352. The van der Waals surface area contributed by atoms with Crippen molar-refractivity contribution in [2.75, 3.05) is 10.0 Å². The van der Waals surface area contributed by atoms with Crippen molar-refractivity contribution in [1.29, 1.82) is 0 Å². The molecule has 1 heterocycles. The first kappa shape index (κ1) is 19.3. The number of nitrogens with one attached hydrogen (secondary N) is 3. The van der Waals surface area contributed by atoms with Gasteiger partial charge >= 0.3 is 0 Å². The first-order valence-corrected chi connectivity index (χ1v) is 10.0. The molecular weight excluding hydrogens is 378 g/mol. The number of aromatic nitrogens is 3. The third kappa shape index (κ3) is 4.83. The van der Waals surface area contributed by atoms with Gasteiger partial charge in [-0.05, 0) is 47.9 Å². The van der Waals surface area contributed by atoms with E-state index in [0.717, 1.165) is 17.5 Å². The van der Waals surface area contributed by atoms with Gasteiger partial charge in [0, 0.05) is 11.8 Å². The second-order valence-electron chi connectivity index (χ2n) is 5.83. The molecule has 0 saturated carbocycles. The highest BCUT2D eigenvalue weighted by Crippen LogP contribution is 2.17. The van der Waals surface area contributed by atoms with Gasteiger partial charge < -0.3 is 5.32 Å². The van der Waals surface area contributed by atoms with Gasteiger partial charge in [0.25, 0.3) is 16.0 Å². The molecule has 0 bridgehead atoms. The Kier molecular flexibility index (Phi) is 5.85. The molecule has 2 aromatic carbocycles. The average molecular weight is 397 g/mol. The van der Waals surface area contributed by atoms with Crippen LogP contribution in [0.25, 0.3) is 6.08 Å². The van der Waals surface area contributed by atoms with Crippen LogP contribution in [0, 0.1) is 0 Å². The molecule has 9 heteroatoms. The fourth-order valence-electron chi connectivity index (χ4n) is 2.52. The summed E-state index contributed by atoms with van der Waals surface area (Å²) in [5.41, 5.74) is 2.62. The summed E-state index contributed by atoms with van der Waals surface area (Å²) in [7, 11) is -3.80. The van der Waals surface area contributed by atoms with E-state index in [1.165, 1.54) is 36.7 Å². The molecule has 1 amide bonds. The zero-order chi connectivity index (χ0) is 20.0. The zero-order valence-corrected chi connectivity index (χ0v) is 15.9. The Morgan fingerprint density at radius 1 is 1.14 bits per heavy atom. The fraction of sp³-hybridized carbons (Fsp3) is 0.105. The van der Waals surface area contributed by atoms with E-state index >= 15 is 0 Å². The molecule has 3 N–H and O–H groups in total. The maximum absolute atomic E-state index is 12.2. The number of aryl methyl sites for hydroxylation is 1. The van der Waals surface area contributed by atoms with E-state index in [4.69, 9.17) is 0 Å². The number of hydrogen-bond donors (Lipinski definition) is 3. The number of aromatic amines is 1. The first-order chi connectivity index (χ1) is 13.5. The molecule has 0 atom stereocenters. The number of carbonyl (C=O) groups is 1. The molecular formula is C19H19N5O3S. The Balaban J connectivity index is 1.65. The van der Waals surface area contributed by atoms with E-state index in [9.17, 15) is 13.2 Å². The van der Waals surface area contributed by atoms with E-state index in [-0.39, 0.29) is 16.8 Å². The highest BCUT2D eigenvalue weighted by molar-refractivity contribution is 7.92. The van der Waals surface area contributed by atoms with E-state index in [2.05, 4.69) is 32.1 Å². The van der Waals surface area contributed by atoms with Crippen molar-refractivity contribution >= 4 is 33.6 Å². The second-order valence-corrected chi connectivity index (χ2v) is 7.51. The number of sulfonamides is 1. The van der Waals surface area contributed by atoms with Gasteiger partial charge in [-0.3, -0.25) is 9.89 Å². The van der Waals surface area contributed by atoms with Crippen molar-refractivity contribution in [3.63, 3.8) is 0 Å². The minimum atomic E-state index is -3.80. The first-order valence-electron chi connectivity index (χ1n) is 8.53. The maximum Gasteiger partial charge on any atom is 0.264 e. The molecule has 3 rings (SSSR count). The lowest BCUT2D eigenvalue weighted by atomic mass is 10.1. The predicted molar refractivity (Wildman–Crippen MR) is 107 cm³/mol. The quantitative estimate of drug-likeness (QED) is 0.530. The second kappa shape index (κ2) is 8.49. The zero-order valence-electron chi connectivity index (χ0n) is 15.1. The predicted octanol–water partition coefficient (Wildman–Crippen LogP) is 2.82. The summed E-state index contributed by atoms with van der Waals surface area (Å²) in [6, 6.07) is 13.6. The molecule has 3 aromatic rings. The molecule has 28 heavy (non-hydrogen) atoms. The Morgan fingerprint density at radius 3 is 2.57 bits per heavy atom. The summed E-state index contributed by atoms with van der Waals surface area (Å²) in [6.45, 7) is 2.05. The van der Waals surface area contributed by atoms with Gasteiger partial charge in [0.2, 0.25) is 5.91 Å². The van der Waals surface area contributed by atoms with Gasteiger partial charge in [0.15, 0.2) is 0 Å². The molecule has 8 nitrogen and oxygen atoms in total. The summed E-state index contributed by atoms with van der Waals surface area (Å²) < 4.78 is 26.7. The van der Waals surface area contributed by atoms with Crippen LogP contribution in [-0.4, -0.2) is 29.5 Å². The summed E-state index contributed by atoms with van der Waals surface area (Å²) in [4.78, 5) is 15.9. The van der Waals surface area contributed by atoms with Gasteiger partial charge in [0.1, 0.15) is 6.33 Å². The lowest BCUT2D eigenvalue weighted by Crippen LogP contribution is -2.14. The molecule has 1 aromatic heterocycles. The summed E-state index contributed by atoms with van der Waals surface area (Å²) in [5, 5.41) is 8.78. The number of nitrogens with zero attached hydrogens (tertiary/aromatic N) is 2. The van der Waals surface area contributed by atoms with Crippen molar-refractivity contribution in [2.45, 2.75) is 18.2 Å². The third-order valence-electron chi connectivity index (χ3n) is 3.92. The van der Waals surface area contributed by atoms with E-state index in [1.54, 1.807) is 6.08 Å². The lowest BCUT2D eigenvalue weighted by Gasteiger charge is -2.07. The van der Waals surface area contributed by atoms with E-state index in [0.29, 0.717) is 5.69 Å². The van der Waals surface area contributed by atoms with Crippen molar-refractivity contribution in [3.05, 3.63) is 72.1 Å². The number of rotatable bonds is 7. The molecule has 0 aliphatic heterocycles. The Morgan fingerprint density at radius 2 is 1.89 bits per heavy atom. The molecule has 0 radical (unpaired) electrons. The standard InChI is InChI=1S/C19H19N5O3S/c1-2-14-5-3-4-6-15(14)7-12-18(25)22-16-8-10-17(11-9-16)28(26,27)24-19-20-13-21-23-19/h3-13H,2H2,1H3,(H,22,25)(H2,20,21,23,24)/b12-7-. The third-order valence-corrected chi connectivity index (χ3v) is 5.27. The normalized spacial score (nSPS) is 11.5. The van der Waals surface area contributed by atoms with Crippen LogP contribution in [0.2, 0.25) is 0 Å². The minimum absolute atomic E-state index is 0.0303. The van der Waals surface area contributed by atoms with E-state index in [1.807, 2.05) is 24.3 Å². The van der Waals surface area contributed by atoms with Crippen LogP contribution in [0.3, 0.4) is 0 Å². The highest BCUT2D eigenvalue weighted by atomic mass is 32.2. The van der Waals surface area contributed by atoms with Crippen LogP contribution >= 0.6 is 0 Å². The summed E-state index contributed by atoms with van der Waals surface area (Å²) >= 11 is 0. The Labute approximate surface area is 162 Å². The number of hydrogen-bond acceptors (Lipinski definition) is 5. The summed E-state index contributed by atoms with van der Waals surface area (Å²) in [6.07, 6.45) is 5.35. The number of anilines is 2. The minimum Gasteiger partial charge on any atom is -0.323 e. The van der Waals surface area contributed by atoms with Crippen molar-refractivity contribution in [1.82, 2.24) is 15.2 Å². The average Bonchev–Trinajstić information content (AvgIpc) is 3.19. The molecule has 0 spiro atoms. The number of carbonyl (C=O) groups excluding carboxylic acids is 1. The molecule has 0 unspecified atom stereocenters. The van der Waals surface area contributed by atoms with Crippen LogP contribution < -0.4 is 10.0 Å². The van der Waals surface area contributed by atoms with Gasteiger partial charge in [-0.2, -0.15) is 4.98 Å². The number of amides is 1. The Hall–Kier alpha value is -3.46. The molecule has 0 fully saturated rings. The van der Waals surface area contributed by atoms with Crippen molar-refractivity contribution in [3.8, 4) is 0 Å². The molecule has 144 valence electrons. The molecule has 0 aliphatic carbocycles. The van der Waals surface area contributed by atoms with Gasteiger partial charge in [-0.1, -0.05) is 31.2 Å². The number of H-pyrrole nitrogens is 1. The largest absolute Gasteiger partial charge is 0.323 e. The lowest BCUT2D eigenvalue weighted by molar-refractivity contribution is -0.111. The van der Waals surface area contributed by atoms with Crippen LogP contribution in [-0.2, 0) is 21.2 Å². The van der Waals surface area contributed by atoms with Gasteiger partial charge in [-0.25, -0.2) is 13.1 Å². The smallest absolute Gasteiger partial charge is 0.264 e. The molecule has 0 saturated heterocycles.